The third kappa shape index (κ3) is 5.16. The first-order valence-electron chi connectivity index (χ1n) is 9.45. The van der Waals surface area contributed by atoms with Crippen LogP contribution in [-0.2, 0) is 19.1 Å². The second kappa shape index (κ2) is 9.42. The molecular weight excluding hydrogens is 399 g/mol. The number of halogens is 1. The van der Waals surface area contributed by atoms with E-state index in [1.807, 2.05) is 4.90 Å². The van der Waals surface area contributed by atoms with E-state index in [1.165, 1.54) is 25.0 Å². The van der Waals surface area contributed by atoms with Gasteiger partial charge in [-0.3, -0.25) is 14.5 Å². The smallest absolute Gasteiger partial charge is 0.442 e. The molecule has 162 valence electrons. The van der Waals surface area contributed by atoms with Gasteiger partial charge < -0.3 is 19.7 Å². The molecule has 0 saturated carbocycles. The summed E-state index contributed by atoms with van der Waals surface area (Å²) in [6.45, 7) is 2.82. The maximum absolute atomic E-state index is 14.8. The molecule has 1 aromatic carbocycles. The van der Waals surface area contributed by atoms with Crippen LogP contribution in [0.1, 0.15) is 19.8 Å². The number of nitrogens with one attached hydrogen (secondary N) is 1. The summed E-state index contributed by atoms with van der Waals surface area (Å²) >= 11 is 0. The van der Waals surface area contributed by atoms with E-state index < -0.39 is 24.2 Å². The van der Waals surface area contributed by atoms with Crippen molar-refractivity contribution in [1.29, 1.82) is 0 Å². The van der Waals surface area contributed by atoms with Crippen molar-refractivity contribution in [3.05, 3.63) is 24.0 Å². The maximum Gasteiger partial charge on any atom is 0.534 e. The number of rotatable bonds is 5. The van der Waals surface area contributed by atoms with Crippen molar-refractivity contribution in [2.24, 2.45) is 5.16 Å². The fourth-order valence-corrected chi connectivity index (χ4v) is 3.25. The van der Waals surface area contributed by atoms with Gasteiger partial charge in [-0.2, -0.15) is 0 Å². The van der Waals surface area contributed by atoms with Crippen LogP contribution in [0.25, 0.3) is 0 Å². The number of benzene rings is 1. The van der Waals surface area contributed by atoms with E-state index in [0.29, 0.717) is 43.0 Å². The molecule has 1 N–H and O–H groups in total. The summed E-state index contributed by atoms with van der Waals surface area (Å²) in [4.78, 5) is 41.9. The molecule has 2 fully saturated rings. The summed E-state index contributed by atoms with van der Waals surface area (Å²) in [5, 5.41) is 6.35. The molecule has 0 aromatic heterocycles. The van der Waals surface area contributed by atoms with E-state index in [9.17, 15) is 18.8 Å². The molecule has 3 rings (SSSR count). The van der Waals surface area contributed by atoms with Gasteiger partial charge in [0.15, 0.2) is 0 Å². The lowest BCUT2D eigenvalue weighted by Crippen LogP contribution is -2.35. The van der Waals surface area contributed by atoms with E-state index in [0.717, 1.165) is 0 Å². The molecule has 11 heteroatoms. The average Bonchev–Trinajstić information content (AvgIpc) is 3.11. The van der Waals surface area contributed by atoms with Gasteiger partial charge in [-0.15, -0.1) is 0 Å². The Kier molecular flexibility index (Phi) is 6.70. The van der Waals surface area contributed by atoms with Crippen LogP contribution >= 0.6 is 0 Å². The molecule has 10 nitrogen and oxygen atoms in total. The molecule has 2 saturated heterocycles. The molecule has 0 aliphatic carbocycles. The first-order chi connectivity index (χ1) is 14.4. The van der Waals surface area contributed by atoms with Gasteiger partial charge in [-0.05, 0) is 18.2 Å². The van der Waals surface area contributed by atoms with Crippen LogP contribution in [0.3, 0.4) is 0 Å². The Morgan fingerprint density at radius 2 is 2.07 bits per heavy atom. The van der Waals surface area contributed by atoms with E-state index in [-0.39, 0.29) is 19.0 Å². The number of carbonyl (C=O) groups excluding carboxylic acids is 3. The highest BCUT2D eigenvalue weighted by molar-refractivity contribution is 5.90. The first kappa shape index (κ1) is 21.3. The number of ether oxygens (including phenoxy) is 2. The lowest BCUT2D eigenvalue weighted by molar-refractivity contribution is -0.119. The molecule has 30 heavy (non-hydrogen) atoms. The van der Waals surface area contributed by atoms with Crippen molar-refractivity contribution in [3.8, 4) is 0 Å². The molecular formula is C19H23FN4O6. The third-order valence-corrected chi connectivity index (χ3v) is 4.79. The summed E-state index contributed by atoms with van der Waals surface area (Å²) in [6.07, 6.45) is -0.924. The van der Waals surface area contributed by atoms with Crippen molar-refractivity contribution in [2.45, 2.75) is 25.9 Å². The third-order valence-electron chi connectivity index (χ3n) is 4.79. The maximum atomic E-state index is 14.8. The zero-order valence-corrected chi connectivity index (χ0v) is 16.7. The summed E-state index contributed by atoms with van der Waals surface area (Å²) in [5.74, 6) is -0.678. The minimum Gasteiger partial charge on any atom is -0.442 e. The van der Waals surface area contributed by atoms with E-state index in [2.05, 4.69) is 20.0 Å². The summed E-state index contributed by atoms with van der Waals surface area (Å²) in [7, 11) is 1.20. The molecule has 0 bridgehead atoms. The van der Waals surface area contributed by atoms with Crippen LogP contribution in [-0.4, -0.2) is 63.3 Å². The molecule has 2 heterocycles. The van der Waals surface area contributed by atoms with E-state index in [1.54, 1.807) is 12.1 Å². The quantitative estimate of drug-likeness (QED) is 0.439. The lowest BCUT2D eigenvalue weighted by atomic mass is 10.1. The monoisotopic (exact) mass is 422 g/mol. The molecule has 0 radical (unpaired) electrons. The second-order valence-corrected chi connectivity index (χ2v) is 6.88. The minimum absolute atomic E-state index is 0.204. The van der Waals surface area contributed by atoms with Gasteiger partial charge >= 0.3 is 12.2 Å². The van der Waals surface area contributed by atoms with Crippen LogP contribution in [0.2, 0.25) is 0 Å². The lowest BCUT2D eigenvalue weighted by Gasteiger charge is -2.30. The number of cyclic esters (lactones) is 1. The number of anilines is 2. The fraction of sp³-hybridized carbons (Fsp3) is 0.474. The molecule has 2 amide bonds. The number of carbonyl (C=O) groups is 3. The van der Waals surface area contributed by atoms with Crippen LogP contribution in [0.15, 0.2) is 23.4 Å². The number of nitrogens with zero attached hydrogens (tertiary/aromatic N) is 3. The van der Waals surface area contributed by atoms with Gasteiger partial charge in [0, 0.05) is 32.9 Å². The zero-order valence-electron chi connectivity index (χ0n) is 16.7. The van der Waals surface area contributed by atoms with Crippen molar-refractivity contribution in [3.63, 3.8) is 0 Å². The Labute approximate surface area is 172 Å². The molecule has 2 aliphatic rings. The van der Waals surface area contributed by atoms with Crippen molar-refractivity contribution in [2.75, 3.05) is 43.1 Å². The van der Waals surface area contributed by atoms with Crippen molar-refractivity contribution < 1.29 is 33.1 Å². The van der Waals surface area contributed by atoms with Gasteiger partial charge in [0.2, 0.25) is 5.91 Å². The van der Waals surface area contributed by atoms with Gasteiger partial charge in [0.05, 0.1) is 37.3 Å². The largest absolute Gasteiger partial charge is 0.534 e. The average molecular weight is 422 g/mol. The van der Waals surface area contributed by atoms with E-state index in [4.69, 9.17) is 4.74 Å². The van der Waals surface area contributed by atoms with Gasteiger partial charge in [0.1, 0.15) is 11.9 Å². The second-order valence-electron chi connectivity index (χ2n) is 6.88. The number of amides is 2. The summed E-state index contributed by atoms with van der Waals surface area (Å²) in [5.41, 5.74) is 1.49. The Hall–Kier alpha value is -3.37. The van der Waals surface area contributed by atoms with Crippen LogP contribution in [0.5, 0.6) is 0 Å². The molecule has 1 aromatic rings. The number of hydrogen-bond donors (Lipinski definition) is 1. The topological polar surface area (TPSA) is 110 Å². The van der Waals surface area contributed by atoms with Gasteiger partial charge in [0.25, 0.3) is 0 Å². The minimum atomic E-state index is -0.883. The number of methoxy groups -OCH3 is 1. The van der Waals surface area contributed by atoms with Gasteiger partial charge in [-0.1, -0.05) is 5.16 Å². The molecule has 1 unspecified atom stereocenters. The van der Waals surface area contributed by atoms with Crippen LogP contribution in [0, 0.1) is 5.82 Å². The highest BCUT2D eigenvalue weighted by Crippen LogP contribution is 2.29. The number of oxime groups is 1. The predicted molar refractivity (Wildman–Crippen MR) is 105 cm³/mol. The highest BCUT2D eigenvalue weighted by Gasteiger charge is 2.33. The predicted octanol–water partition coefficient (Wildman–Crippen LogP) is 2.03. The Morgan fingerprint density at radius 1 is 1.33 bits per heavy atom. The Bertz CT molecular complexity index is 851. The van der Waals surface area contributed by atoms with Crippen LogP contribution < -0.4 is 15.1 Å². The molecule has 1 atom stereocenters. The standard InChI is InChI=1S/C19H23FN4O6/c1-12(25)21-10-15-11-24(18(26)29-15)14-3-4-17(16(20)9-14)23-7-5-13(6-8-23)22-30-19(27)28-2/h3-4,9,15H,5-8,10-11H2,1-2H3,(H,21,25). The Balaban J connectivity index is 1.60. The van der Waals surface area contributed by atoms with Crippen molar-refractivity contribution in [1.82, 2.24) is 5.32 Å². The Morgan fingerprint density at radius 3 is 2.70 bits per heavy atom. The van der Waals surface area contributed by atoms with E-state index >= 15 is 0 Å². The summed E-state index contributed by atoms with van der Waals surface area (Å²) < 4.78 is 24.3. The fourth-order valence-electron chi connectivity index (χ4n) is 3.25. The van der Waals surface area contributed by atoms with Gasteiger partial charge in [-0.25, -0.2) is 14.0 Å². The normalized spacial score (nSPS) is 18.7. The van der Waals surface area contributed by atoms with Crippen molar-refractivity contribution >= 4 is 35.2 Å². The number of hydrogen-bond acceptors (Lipinski definition) is 8. The highest BCUT2D eigenvalue weighted by atomic mass is 19.1. The van der Waals surface area contributed by atoms with Crippen LogP contribution in [0.4, 0.5) is 25.4 Å². The summed E-state index contributed by atoms with van der Waals surface area (Å²) in [6, 6.07) is 4.57. The molecule has 0 spiro atoms. The first-order valence-corrected chi connectivity index (χ1v) is 9.45. The number of piperidine rings is 1. The SMILES string of the molecule is COC(=O)ON=C1CCN(c2ccc(N3CC(CNC(C)=O)OC3=O)cc2F)CC1. The zero-order chi connectivity index (χ0) is 21.7. The molecule has 2 aliphatic heterocycles.